The zero-order valence-corrected chi connectivity index (χ0v) is 16.3. The van der Waals surface area contributed by atoms with Crippen LogP contribution in [0.5, 0.6) is 5.75 Å². The Balaban J connectivity index is 1.88. The number of carbonyl (C=O) groups is 2. The molecule has 1 N–H and O–H groups in total. The average Bonchev–Trinajstić information content (AvgIpc) is 2.76. The van der Waals surface area contributed by atoms with Gasteiger partial charge in [-0.2, -0.15) is 0 Å². The Bertz CT molecular complexity index is 1100. The first-order valence-corrected chi connectivity index (χ1v) is 9.50. The van der Waals surface area contributed by atoms with Gasteiger partial charge in [-0.15, -0.1) is 0 Å². The fraction of sp³-hybridized carbons (Fsp3) is 0.167. The van der Waals surface area contributed by atoms with Crippen LogP contribution in [0.4, 0.5) is 4.39 Å². The van der Waals surface area contributed by atoms with E-state index in [0.29, 0.717) is 28.0 Å². The second-order valence-electron chi connectivity index (χ2n) is 7.18. The van der Waals surface area contributed by atoms with Gasteiger partial charge in [0.15, 0.2) is 0 Å². The van der Waals surface area contributed by atoms with E-state index in [4.69, 9.17) is 4.74 Å². The third kappa shape index (κ3) is 3.52. The van der Waals surface area contributed by atoms with Gasteiger partial charge in [-0.05, 0) is 47.0 Å². The molecule has 1 amide bonds. The van der Waals surface area contributed by atoms with Crippen LogP contribution in [0.3, 0.4) is 0 Å². The topological polar surface area (TPSA) is 66.8 Å². The van der Waals surface area contributed by atoms with Crippen molar-refractivity contribution in [3.05, 3.63) is 101 Å². The summed E-state index contributed by atoms with van der Waals surface area (Å²) in [5, 5.41) is 10.1. The van der Waals surface area contributed by atoms with Crippen molar-refractivity contribution in [3.63, 3.8) is 0 Å². The van der Waals surface area contributed by atoms with Gasteiger partial charge >= 0.3 is 5.97 Å². The predicted octanol–water partition coefficient (Wildman–Crippen LogP) is 4.40. The maximum Gasteiger partial charge on any atom is 0.313 e. The van der Waals surface area contributed by atoms with Crippen LogP contribution < -0.4 is 4.74 Å². The number of hydrogen-bond acceptors (Lipinski definition) is 3. The Hall–Kier alpha value is -3.67. The number of nitrogens with zero attached hydrogens (tertiary/aromatic N) is 1. The highest BCUT2D eigenvalue weighted by molar-refractivity contribution is 6.00. The normalized spacial score (nSPS) is 18.1. The summed E-state index contributed by atoms with van der Waals surface area (Å²) in [6, 6.07) is 19.0. The maximum atomic E-state index is 13.4. The Morgan fingerprint density at radius 2 is 1.80 bits per heavy atom. The number of hydrogen-bond donors (Lipinski definition) is 1. The summed E-state index contributed by atoms with van der Waals surface area (Å²) in [5.41, 5.74) is 2.22. The van der Waals surface area contributed by atoms with E-state index in [9.17, 15) is 19.1 Å². The van der Waals surface area contributed by atoms with Crippen molar-refractivity contribution in [1.82, 2.24) is 4.90 Å². The molecule has 152 valence electrons. The molecule has 0 unspecified atom stereocenters. The van der Waals surface area contributed by atoms with E-state index in [1.54, 1.807) is 65.6 Å². The fourth-order valence-electron chi connectivity index (χ4n) is 4.02. The Kier molecular flexibility index (Phi) is 5.23. The molecule has 30 heavy (non-hydrogen) atoms. The molecule has 0 radical (unpaired) electrons. The molecule has 1 heterocycles. The SMILES string of the molecule is COc1cccc([C@@H]2[C@H](C(=O)O)c3ccccc3C(=O)N2Cc2ccc(F)cc2)c1. The van der Waals surface area contributed by atoms with Gasteiger partial charge in [0.2, 0.25) is 0 Å². The first-order chi connectivity index (χ1) is 14.5. The number of carboxylic acids is 1. The Morgan fingerprint density at radius 3 is 2.50 bits per heavy atom. The highest BCUT2D eigenvalue weighted by Gasteiger charge is 2.44. The molecule has 0 saturated carbocycles. The van der Waals surface area contributed by atoms with Crippen molar-refractivity contribution in [2.45, 2.75) is 18.5 Å². The van der Waals surface area contributed by atoms with Crippen molar-refractivity contribution in [2.24, 2.45) is 0 Å². The number of ether oxygens (including phenoxy) is 1. The van der Waals surface area contributed by atoms with Crippen LogP contribution in [0.15, 0.2) is 72.8 Å². The van der Waals surface area contributed by atoms with E-state index in [-0.39, 0.29) is 18.3 Å². The lowest BCUT2D eigenvalue weighted by Gasteiger charge is -2.41. The van der Waals surface area contributed by atoms with Crippen molar-refractivity contribution >= 4 is 11.9 Å². The molecule has 0 fully saturated rings. The van der Waals surface area contributed by atoms with E-state index in [0.717, 1.165) is 0 Å². The largest absolute Gasteiger partial charge is 0.497 e. The van der Waals surface area contributed by atoms with Gasteiger partial charge in [-0.1, -0.05) is 42.5 Å². The van der Waals surface area contributed by atoms with Crippen LogP contribution in [0, 0.1) is 5.82 Å². The number of amides is 1. The summed E-state index contributed by atoms with van der Waals surface area (Å²) in [5.74, 6) is -2.04. The summed E-state index contributed by atoms with van der Waals surface area (Å²) in [7, 11) is 1.53. The van der Waals surface area contributed by atoms with Crippen LogP contribution in [-0.2, 0) is 11.3 Å². The van der Waals surface area contributed by atoms with E-state index in [1.165, 1.54) is 19.2 Å². The summed E-state index contributed by atoms with van der Waals surface area (Å²) >= 11 is 0. The monoisotopic (exact) mass is 405 g/mol. The van der Waals surface area contributed by atoms with Gasteiger partial charge in [0.1, 0.15) is 17.5 Å². The third-order valence-electron chi connectivity index (χ3n) is 5.41. The molecule has 0 saturated heterocycles. The van der Waals surface area contributed by atoms with E-state index >= 15 is 0 Å². The van der Waals surface area contributed by atoms with E-state index in [2.05, 4.69) is 0 Å². The second kappa shape index (κ2) is 7.99. The number of rotatable bonds is 5. The Morgan fingerprint density at radius 1 is 1.07 bits per heavy atom. The third-order valence-corrected chi connectivity index (χ3v) is 5.41. The number of carboxylic acid groups (broad SMARTS) is 1. The number of carbonyl (C=O) groups excluding carboxylic acids is 1. The molecule has 3 aromatic rings. The minimum absolute atomic E-state index is 0.152. The van der Waals surface area contributed by atoms with Crippen molar-refractivity contribution in [2.75, 3.05) is 7.11 Å². The number of aliphatic carboxylic acids is 1. The number of methoxy groups -OCH3 is 1. The minimum atomic E-state index is -1.02. The first-order valence-electron chi connectivity index (χ1n) is 9.50. The van der Waals surface area contributed by atoms with Gasteiger partial charge in [0.05, 0.1) is 13.2 Å². The lowest BCUT2D eigenvalue weighted by molar-refractivity contribution is -0.140. The van der Waals surface area contributed by atoms with Crippen molar-refractivity contribution in [3.8, 4) is 5.75 Å². The zero-order valence-electron chi connectivity index (χ0n) is 16.3. The van der Waals surface area contributed by atoms with E-state index < -0.39 is 17.9 Å². The van der Waals surface area contributed by atoms with Crippen molar-refractivity contribution < 1.29 is 23.8 Å². The standard InChI is InChI=1S/C24H20FNO4/c1-30-18-6-4-5-16(13-18)22-21(24(28)29)19-7-2-3-8-20(19)23(27)26(22)14-15-9-11-17(25)12-10-15/h2-13,21-22H,14H2,1H3,(H,28,29)/t21-,22-/m1/s1. The average molecular weight is 405 g/mol. The van der Waals surface area contributed by atoms with Gasteiger partial charge in [-0.3, -0.25) is 9.59 Å². The second-order valence-corrected chi connectivity index (χ2v) is 7.18. The highest BCUT2D eigenvalue weighted by Crippen LogP contribution is 2.44. The lowest BCUT2D eigenvalue weighted by Crippen LogP contribution is -2.44. The summed E-state index contributed by atoms with van der Waals surface area (Å²) in [6.07, 6.45) is 0. The molecule has 4 rings (SSSR count). The van der Waals surface area contributed by atoms with Crippen LogP contribution in [0.2, 0.25) is 0 Å². The molecule has 0 aliphatic carbocycles. The van der Waals surface area contributed by atoms with Crippen molar-refractivity contribution in [1.29, 1.82) is 0 Å². The summed E-state index contributed by atoms with van der Waals surface area (Å²) in [4.78, 5) is 27.4. The van der Waals surface area contributed by atoms with Crippen LogP contribution in [0.25, 0.3) is 0 Å². The Labute approximate surface area is 173 Å². The van der Waals surface area contributed by atoms with Gasteiger partial charge in [0, 0.05) is 12.1 Å². The number of benzene rings is 3. The molecule has 1 aliphatic heterocycles. The molecule has 6 heteroatoms. The molecule has 1 aliphatic rings. The van der Waals surface area contributed by atoms with Crippen LogP contribution in [-0.4, -0.2) is 29.0 Å². The molecule has 0 bridgehead atoms. The zero-order chi connectivity index (χ0) is 21.3. The molecule has 0 spiro atoms. The number of fused-ring (bicyclic) bond motifs is 1. The quantitative estimate of drug-likeness (QED) is 0.683. The smallest absolute Gasteiger partial charge is 0.313 e. The van der Waals surface area contributed by atoms with Crippen LogP contribution >= 0.6 is 0 Å². The highest BCUT2D eigenvalue weighted by atomic mass is 19.1. The fourth-order valence-corrected chi connectivity index (χ4v) is 4.02. The van der Waals surface area contributed by atoms with Crippen LogP contribution in [0.1, 0.15) is 39.0 Å². The first kappa shape index (κ1) is 19.6. The van der Waals surface area contributed by atoms with Gasteiger partial charge < -0.3 is 14.7 Å². The summed E-state index contributed by atoms with van der Waals surface area (Å²) in [6.45, 7) is 0.152. The minimum Gasteiger partial charge on any atom is -0.497 e. The van der Waals surface area contributed by atoms with Gasteiger partial charge in [-0.25, -0.2) is 4.39 Å². The van der Waals surface area contributed by atoms with E-state index in [1.807, 2.05) is 0 Å². The molecule has 5 nitrogen and oxygen atoms in total. The summed E-state index contributed by atoms with van der Waals surface area (Å²) < 4.78 is 18.7. The molecular formula is C24H20FNO4. The predicted molar refractivity (Wildman–Crippen MR) is 109 cm³/mol. The molecule has 0 aromatic heterocycles. The maximum absolute atomic E-state index is 13.4. The number of halogens is 1. The lowest BCUT2D eigenvalue weighted by atomic mass is 9.79. The molecule has 3 aromatic carbocycles. The van der Waals surface area contributed by atoms with Gasteiger partial charge in [0.25, 0.3) is 5.91 Å². The molecule has 2 atom stereocenters. The molecular weight excluding hydrogens is 385 g/mol.